The van der Waals surface area contributed by atoms with Crippen LogP contribution in [-0.4, -0.2) is 21.3 Å². The number of aryl methyl sites for hydroxylation is 1. The standard InChI is InChI=1S/C13H17ClN4OS/c1-2-3-7-18-13(19)12(14)10(9-17-18)15-5-4-11-16-6-8-20-11/h6,8-9,15H,2-5,7H2,1H3. The molecule has 7 heteroatoms. The molecule has 1 N–H and O–H groups in total. The molecule has 0 aromatic carbocycles. The maximum atomic E-state index is 12.0. The maximum absolute atomic E-state index is 12.0. The number of nitrogens with zero attached hydrogens (tertiary/aromatic N) is 3. The van der Waals surface area contributed by atoms with Crippen LogP contribution in [0, 0.1) is 0 Å². The second kappa shape index (κ2) is 7.40. The molecule has 2 aromatic rings. The Labute approximate surface area is 126 Å². The topological polar surface area (TPSA) is 59.8 Å². The molecule has 2 heterocycles. The van der Waals surface area contributed by atoms with Crippen LogP contribution in [-0.2, 0) is 13.0 Å². The zero-order chi connectivity index (χ0) is 14.4. The van der Waals surface area contributed by atoms with Gasteiger partial charge in [-0.1, -0.05) is 24.9 Å². The average molecular weight is 313 g/mol. The van der Waals surface area contributed by atoms with Crippen molar-refractivity contribution in [1.82, 2.24) is 14.8 Å². The molecule has 0 fully saturated rings. The molecule has 0 atom stereocenters. The number of unbranched alkanes of at least 4 members (excludes halogenated alkanes) is 1. The van der Waals surface area contributed by atoms with Crippen molar-refractivity contribution in [1.29, 1.82) is 0 Å². The van der Waals surface area contributed by atoms with Crippen LogP contribution < -0.4 is 10.9 Å². The highest BCUT2D eigenvalue weighted by Gasteiger charge is 2.08. The predicted molar refractivity (Wildman–Crippen MR) is 82.7 cm³/mol. The van der Waals surface area contributed by atoms with E-state index in [9.17, 15) is 4.79 Å². The second-order valence-electron chi connectivity index (χ2n) is 4.36. The highest BCUT2D eigenvalue weighted by atomic mass is 35.5. The van der Waals surface area contributed by atoms with Gasteiger partial charge in [0, 0.05) is 31.1 Å². The van der Waals surface area contributed by atoms with E-state index in [0.29, 0.717) is 18.8 Å². The molecule has 0 spiro atoms. The number of aromatic nitrogens is 3. The van der Waals surface area contributed by atoms with Gasteiger partial charge < -0.3 is 5.32 Å². The van der Waals surface area contributed by atoms with Crippen molar-refractivity contribution in [2.75, 3.05) is 11.9 Å². The molecule has 108 valence electrons. The number of rotatable bonds is 7. The summed E-state index contributed by atoms with van der Waals surface area (Å²) in [5.41, 5.74) is 0.348. The number of halogens is 1. The zero-order valence-electron chi connectivity index (χ0n) is 11.3. The quantitative estimate of drug-likeness (QED) is 0.854. The van der Waals surface area contributed by atoms with Gasteiger partial charge in [-0.3, -0.25) is 4.79 Å². The lowest BCUT2D eigenvalue weighted by molar-refractivity contribution is 0.543. The Morgan fingerprint density at radius 2 is 2.35 bits per heavy atom. The summed E-state index contributed by atoms with van der Waals surface area (Å²) in [6.45, 7) is 3.35. The summed E-state index contributed by atoms with van der Waals surface area (Å²) in [5.74, 6) is 0. The molecule has 2 aromatic heterocycles. The first kappa shape index (κ1) is 15.0. The van der Waals surface area contributed by atoms with E-state index in [-0.39, 0.29) is 10.6 Å². The van der Waals surface area contributed by atoms with Gasteiger partial charge in [0.05, 0.1) is 16.9 Å². The molecule has 0 amide bonds. The molecule has 0 unspecified atom stereocenters. The third-order valence-electron chi connectivity index (χ3n) is 2.85. The van der Waals surface area contributed by atoms with Crippen molar-refractivity contribution in [2.24, 2.45) is 0 Å². The van der Waals surface area contributed by atoms with E-state index in [4.69, 9.17) is 11.6 Å². The lowest BCUT2D eigenvalue weighted by Gasteiger charge is -2.09. The summed E-state index contributed by atoms with van der Waals surface area (Å²) in [6, 6.07) is 0. The van der Waals surface area contributed by atoms with E-state index in [0.717, 1.165) is 24.3 Å². The zero-order valence-corrected chi connectivity index (χ0v) is 12.9. The maximum Gasteiger partial charge on any atom is 0.287 e. The van der Waals surface area contributed by atoms with Gasteiger partial charge >= 0.3 is 0 Å². The molecule has 2 rings (SSSR count). The van der Waals surface area contributed by atoms with E-state index < -0.39 is 0 Å². The van der Waals surface area contributed by atoms with Crippen molar-refractivity contribution in [3.63, 3.8) is 0 Å². The van der Waals surface area contributed by atoms with Crippen molar-refractivity contribution < 1.29 is 0 Å². The van der Waals surface area contributed by atoms with Crippen LogP contribution >= 0.6 is 22.9 Å². The molecular weight excluding hydrogens is 296 g/mol. The highest BCUT2D eigenvalue weighted by molar-refractivity contribution is 7.09. The van der Waals surface area contributed by atoms with E-state index >= 15 is 0 Å². The van der Waals surface area contributed by atoms with Crippen LogP contribution in [0.15, 0.2) is 22.6 Å². The van der Waals surface area contributed by atoms with Crippen LogP contribution in [0.1, 0.15) is 24.8 Å². The summed E-state index contributed by atoms with van der Waals surface area (Å²) in [6.07, 6.45) is 6.12. The van der Waals surface area contributed by atoms with E-state index in [1.165, 1.54) is 4.68 Å². The van der Waals surface area contributed by atoms with Crippen molar-refractivity contribution in [3.05, 3.63) is 38.2 Å². The lowest BCUT2D eigenvalue weighted by atomic mass is 10.3. The largest absolute Gasteiger partial charge is 0.382 e. The fourth-order valence-electron chi connectivity index (χ4n) is 1.74. The van der Waals surface area contributed by atoms with Gasteiger partial charge in [0.15, 0.2) is 0 Å². The Kier molecular flexibility index (Phi) is 5.55. The average Bonchev–Trinajstić information content (AvgIpc) is 2.96. The van der Waals surface area contributed by atoms with Crippen LogP contribution in [0.3, 0.4) is 0 Å². The number of nitrogens with one attached hydrogen (secondary N) is 1. The molecule has 0 bridgehead atoms. The van der Waals surface area contributed by atoms with Gasteiger partial charge in [-0.05, 0) is 6.42 Å². The molecule has 0 radical (unpaired) electrons. The second-order valence-corrected chi connectivity index (χ2v) is 5.71. The SMILES string of the molecule is CCCCn1ncc(NCCc2nccs2)c(Cl)c1=O. The van der Waals surface area contributed by atoms with Crippen LogP contribution in [0.4, 0.5) is 5.69 Å². The molecule has 20 heavy (non-hydrogen) atoms. The normalized spacial score (nSPS) is 10.7. The van der Waals surface area contributed by atoms with Gasteiger partial charge in [0.1, 0.15) is 5.02 Å². The van der Waals surface area contributed by atoms with Gasteiger partial charge in [0.25, 0.3) is 5.56 Å². The van der Waals surface area contributed by atoms with Crippen LogP contribution in [0.2, 0.25) is 5.02 Å². The minimum absolute atomic E-state index is 0.204. The number of hydrogen-bond donors (Lipinski definition) is 1. The molecular formula is C13H17ClN4OS. The van der Waals surface area contributed by atoms with E-state index in [2.05, 4.69) is 22.3 Å². The monoisotopic (exact) mass is 312 g/mol. The Balaban J connectivity index is 1.98. The molecule has 5 nitrogen and oxygen atoms in total. The molecule has 0 saturated carbocycles. The van der Waals surface area contributed by atoms with Gasteiger partial charge in [-0.25, -0.2) is 9.67 Å². The van der Waals surface area contributed by atoms with E-state index in [1.54, 1.807) is 23.7 Å². The van der Waals surface area contributed by atoms with Crippen LogP contribution in [0.25, 0.3) is 0 Å². The fraction of sp³-hybridized carbons (Fsp3) is 0.462. The first-order valence-electron chi connectivity index (χ1n) is 6.60. The summed E-state index contributed by atoms with van der Waals surface area (Å²) in [7, 11) is 0. The van der Waals surface area contributed by atoms with Gasteiger partial charge in [-0.15, -0.1) is 11.3 Å². The Morgan fingerprint density at radius 3 is 3.05 bits per heavy atom. The summed E-state index contributed by atoms with van der Waals surface area (Å²) in [5, 5.41) is 10.5. The fourth-order valence-corrected chi connectivity index (χ4v) is 2.57. The lowest BCUT2D eigenvalue weighted by Crippen LogP contribution is -2.24. The number of anilines is 1. The third kappa shape index (κ3) is 3.80. The minimum Gasteiger partial charge on any atom is -0.382 e. The summed E-state index contributed by atoms with van der Waals surface area (Å²) < 4.78 is 1.41. The molecule has 0 saturated heterocycles. The predicted octanol–water partition coefficient (Wildman–Crippen LogP) is 2.81. The third-order valence-corrected chi connectivity index (χ3v) is 4.05. The Bertz CT molecular complexity index is 597. The highest BCUT2D eigenvalue weighted by Crippen LogP contribution is 2.15. The Hall–Kier alpha value is -1.40. The van der Waals surface area contributed by atoms with Crippen molar-refractivity contribution in [2.45, 2.75) is 32.7 Å². The molecule has 0 aliphatic rings. The number of thiazole rings is 1. The molecule has 0 aliphatic carbocycles. The summed E-state index contributed by atoms with van der Waals surface area (Å²) >= 11 is 7.70. The molecule has 0 aliphatic heterocycles. The first-order valence-corrected chi connectivity index (χ1v) is 7.86. The first-order chi connectivity index (χ1) is 9.72. The van der Waals surface area contributed by atoms with Crippen LogP contribution in [0.5, 0.6) is 0 Å². The van der Waals surface area contributed by atoms with E-state index in [1.807, 2.05) is 5.38 Å². The van der Waals surface area contributed by atoms with Gasteiger partial charge in [-0.2, -0.15) is 5.10 Å². The summed E-state index contributed by atoms with van der Waals surface area (Å²) in [4.78, 5) is 16.2. The number of hydrogen-bond acceptors (Lipinski definition) is 5. The van der Waals surface area contributed by atoms with Crippen molar-refractivity contribution in [3.8, 4) is 0 Å². The minimum atomic E-state index is -0.237. The van der Waals surface area contributed by atoms with Gasteiger partial charge in [0.2, 0.25) is 0 Å². The van der Waals surface area contributed by atoms with Crippen molar-refractivity contribution >= 4 is 28.6 Å². The Morgan fingerprint density at radius 1 is 1.50 bits per heavy atom. The smallest absolute Gasteiger partial charge is 0.287 e.